The van der Waals surface area contributed by atoms with Crippen LogP contribution in [-0.2, 0) is 20.4 Å². The molecule has 8 rings (SSSR count). The third kappa shape index (κ3) is 6.10. The van der Waals surface area contributed by atoms with Crippen LogP contribution in [0.2, 0.25) is 0 Å². The molecule has 0 aromatic heterocycles. The number of rotatable bonds is 8. The minimum atomic E-state index is -0.868. The second-order valence-corrected chi connectivity index (χ2v) is 16.0. The lowest BCUT2D eigenvalue weighted by Crippen LogP contribution is -2.58. The minimum Gasteiger partial charge on any atom is -0.481 e. The van der Waals surface area contributed by atoms with Gasteiger partial charge in [-0.3, -0.25) is 0 Å². The highest BCUT2D eigenvalue weighted by Crippen LogP contribution is 2.64. The number of hydrogen-bond donors (Lipinski definition) is 0. The SMILES string of the molecule is Cc1cc([S+](c2ccccc2)c2ccccc2)cc(C)c1OCC(=O)OC(C)(C#Cc1ccccc1)C12CC3CC(CC(C3)C1)C2. The molecule has 0 saturated heterocycles. The summed E-state index contributed by atoms with van der Waals surface area (Å²) in [6.45, 7) is 6.08. The maximum Gasteiger partial charge on any atom is 0.345 e. The fourth-order valence-electron chi connectivity index (χ4n) is 8.84. The Balaban J connectivity index is 1.13. The number of carbonyl (C=O) groups excluding carboxylic acids is 1. The number of aryl methyl sites for hydroxylation is 2. The zero-order chi connectivity index (χ0) is 31.7. The molecule has 234 valence electrons. The number of ether oxygens (including phenoxy) is 2. The molecule has 0 spiro atoms. The van der Waals surface area contributed by atoms with Gasteiger partial charge in [0.05, 0.1) is 10.9 Å². The number of esters is 1. The van der Waals surface area contributed by atoms with Gasteiger partial charge in [0.1, 0.15) is 5.75 Å². The lowest BCUT2D eigenvalue weighted by atomic mass is 9.45. The summed E-state index contributed by atoms with van der Waals surface area (Å²) in [4.78, 5) is 17.5. The molecule has 46 heavy (non-hydrogen) atoms. The van der Waals surface area contributed by atoms with Gasteiger partial charge in [0.25, 0.3) is 0 Å². The van der Waals surface area contributed by atoms with E-state index in [4.69, 9.17) is 9.47 Å². The third-order valence-corrected chi connectivity index (χ3v) is 12.7. The van der Waals surface area contributed by atoms with Crippen molar-refractivity contribution in [2.45, 2.75) is 79.6 Å². The van der Waals surface area contributed by atoms with Gasteiger partial charge in [-0.1, -0.05) is 60.5 Å². The first-order valence-electron chi connectivity index (χ1n) is 16.7. The first-order valence-corrected chi connectivity index (χ1v) is 17.9. The van der Waals surface area contributed by atoms with E-state index in [1.54, 1.807) is 0 Å². The average molecular weight is 628 g/mol. The van der Waals surface area contributed by atoms with E-state index < -0.39 is 5.60 Å². The average Bonchev–Trinajstić information content (AvgIpc) is 3.04. The van der Waals surface area contributed by atoms with Crippen molar-refractivity contribution in [2.75, 3.05) is 6.61 Å². The lowest BCUT2D eigenvalue weighted by molar-refractivity contribution is -0.189. The molecular formula is C42H43O3S+. The Kier molecular flexibility index (Phi) is 8.47. The highest BCUT2D eigenvalue weighted by Gasteiger charge is 2.60. The Morgan fingerprint density at radius 3 is 1.74 bits per heavy atom. The van der Waals surface area contributed by atoms with Crippen molar-refractivity contribution in [3.8, 4) is 17.6 Å². The van der Waals surface area contributed by atoms with Crippen LogP contribution in [0.3, 0.4) is 0 Å². The van der Waals surface area contributed by atoms with Crippen molar-refractivity contribution < 1.29 is 14.3 Å². The van der Waals surface area contributed by atoms with E-state index in [2.05, 4.69) is 105 Å². The number of hydrogen-bond acceptors (Lipinski definition) is 3. The van der Waals surface area contributed by atoms with Gasteiger partial charge in [-0.25, -0.2) is 4.79 Å². The van der Waals surface area contributed by atoms with Crippen molar-refractivity contribution >= 4 is 16.9 Å². The highest BCUT2D eigenvalue weighted by molar-refractivity contribution is 7.97. The molecule has 4 bridgehead atoms. The Morgan fingerprint density at radius 1 is 0.761 bits per heavy atom. The molecule has 3 nitrogen and oxygen atoms in total. The Morgan fingerprint density at radius 2 is 1.24 bits per heavy atom. The molecule has 1 atom stereocenters. The zero-order valence-electron chi connectivity index (χ0n) is 27.1. The van der Waals surface area contributed by atoms with Crippen molar-refractivity contribution in [3.63, 3.8) is 0 Å². The summed E-state index contributed by atoms with van der Waals surface area (Å²) in [5, 5.41) is 0. The van der Waals surface area contributed by atoms with Crippen LogP contribution in [0.4, 0.5) is 0 Å². The molecule has 4 aromatic carbocycles. The molecule has 4 saturated carbocycles. The molecular weight excluding hydrogens is 585 g/mol. The third-order valence-electron chi connectivity index (χ3n) is 10.5. The minimum absolute atomic E-state index is 0.0997. The second kappa shape index (κ2) is 12.7. The van der Waals surface area contributed by atoms with Gasteiger partial charge in [0.15, 0.2) is 26.9 Å². The van der Waals surface area contributed by atoms with Gasteiger partial charge in [-0.15, -0.1) is 0 Å². The smallest absolute Gasteiger partial charge is 0.345 e. The van der Waals surface area contributed by atoms with Gasteiger partial charge >= 0.3 is 5.97 Å². The second-order valence-electron chi connectivity index (χ2n) is 13.9. The summed E-state index contributed by atoms with van der Waals surface area (Å²) in [5.41, 5.74) is 2.01. The summed E-state index contributed by atoms with van der Waals surface area (Å²) in [6.07, 6.45) is 7.25. The fourth-order valence-corrected chi connectivity index (χ4v) is 11.1. The van der Waals surface area contributed by atoms with Gasteiger partial charge in [-0.05, 0) is 130 Å². The van der Waals surface area contributed by atoms with Crippen LogP contribution < -0.4 is 4.74 Å². The van der Waals surface area contributed by atoms with E-state index in [1.807, 2.05) is 30.3 Å². The van der Waals surface area contributed by atoms with Crippen LogP contribution in [0.1, 0.15) is 62.1 Å². The summed E-state index contributed by atoms with van der Waals surface area (Å²) in [7, 11) is -0.256. The molecule has 0 heterocycles. The predicted molar refractivity (Wildman–Crippen MR) is 185 cm³/mol. The maximum absolute atomic E-state index is 13.7. The van der Waals surface area contributed by atoms with Crippen LogP contribution in [-0.4, -0.2) is 18.2 Å². The Hall–Kier alpha value is -3.94. The van der Waals surface area contributed by atoms with Crippen molar-refractivity contribution in [3.05, 3.63) is 120 Å². The van der Waals surface area contributed by atoms with Gasteiger partial charge in [-0.2, -0.15) is 0 Å². The predicted octanol–water partition coefficient (Wildman–Crippen LogP) is 9.35. The molecule has 0 N–H and O–H groups in total. The maximum atomic E-state index is 13.7. The van der Waals surface area contributed by atoms with E-state index in [1.165, 1.54) is 33.9 Å². The van der Waals surface area contributed by atoms with Crippen LogP contribution in [0.5, 0.6) is 5.75 Å². The Bertz CT molecular complexity index is 1660. The van der Waals surface area contributed by atoms with Gasteiger partial charge < -0.3 is 9.47 Å². The van der Waals surface area contributed by atoms with E-state index in [9.17, 15) is 4.79 Å². The normalized spacial score (nSPS) is 24.1. The van der Waals surface area contributed by atoms with Gasteiger partial charge in [0, 0.05) is 23.1 Å². The largest absolute Gasteiger partial charge is 0.481 e. The van der Waals surface area contributed by atoms with Crippen LogP contribution in [0, 0.1) is 48.9 Å². The molecule has 0 aliphatic heterocycles. The van der Waals surface area contributed by atoms with Crippen molar-refractivity contribution in [1.82, 2.24) is 0 Å². The van der Waals surface area contributed by atoms with Crippen LogP contribution in [0.15, 0.2) is 118 Å². The molecule has 4 heteroatoms. The van der Waals surface area contributed by atoms with Crippen LogP contribution in [0.25, 0.3) is 0 Å². The number of benzene rings is 4. The van der Waals surface area contributed by atoms with Crippen molar-refractivity contribution in [2.24, 2.45) is 23.2 Å². The van der Waals surface area contributed by atoms with E-state index in [0.717, 1.165) is 59.5 Å². The van der Waals surface area contributed by atoms with Crippen LogP contribution >= 0.6 is 0 Å². The van der Waals surface area contributed by atoms with E-state index in [-0.39, 0.29) is 28.9 Å². The summed E-state index contributed by atoms with van der Waals surface area (Å²) in [5.74, 6) is 9.47. The Labute approximate surface area is 277 Å². The first-order chi connectivity index (χ1) is 22.3. The fraction of sp³-hybridized carbons (Fsp3) is 0.357. The summed E-state index contributed by atoms with van der Waals surface area (Å²) in [6, 6.07) is 35.8. The topological polar surface area (TPSA) is 35.5 Å². The monoisotopic (exact) mass is 627 g/mol. The summed E-state index contributed by atoms with van der Waals surface area (Å²) < 4.78 is 12.8. The molecule has 4 aliphatic rings. The van der Waals surface area contributed by atoms with E-state index in [0.29, 0.717) is 0 Å². The standard InChI is InChI=1S/C42H43O3S/c1-30-21-38(46(36-15-9-5-10-16-36)37-17-11-6-12-18-37)22-31(2)40(30)44-29-39(43)45-41(3,20-19-32-13-7-4-8-14-32)42-26-33-23-34(27-42)25-35(24-33)28-42/h4-18,21-22,33-35H,23-29H2,1-3H3/q+1. The zero-order valence-corrected chi connectivity index (χ0v) is 27.9. The number of carbonyl (C=O) groups is 1. The van der Waals surface area contributed by atoms with Crippen molar-refractivity contribution in [1.29, 1.82) is 0 Å². The summed E-state index contributed by atoms with van der Waals surface area (Å²) >= 11 is 0. The molecule has 4 aliphatic carbocycles. The quantitative estimate of drug-likeness (QED) is 0.111. The molecule has 4 fully saturated rings. The van der Waals surface area contributed by atoms with Gasteiger partial charge in [0.2, 0.25) is 0 Å². The molecule has 4 aromatic rings. The molecule has 1 unspecified atom stereocenters. The lowest BCUT2D eigenvalue weighted by Gasteiger charge is -2.60. The van der Waals surface area contributed by atoms with E-state index >= 15 is 0 Å². The first kappa shape index (κ1) is 30.7. The molecule has 0 radical (unpaired) electrons. The highest BCUT2D eigenvalue weighted by atomic mass is 32.2. The molecule has 0 amide bonds.